The molecular weight excluding hydrogens is 260 g/mol. The molecule has 4 heteroatoms. The molecule has 2 aromatic carbocycles. The van der Waals surface area contributed by atoms with E-state index in [2.05, 4.69) is 27.0 Å². The van der Waals surface area contributed by atoms with Crippen LogP contribution in [-0.2, 0) is 20.0 Å². The van der Waals surface area contributed by atoms with Crippen LogP contribution in [0.4, 0.5) is 5.69 Å². The molecule has 21 heavy (non-hydrogen) atoms. The number of para-hydroxylation sites is 2. The minimum absolute atomic E-state index is 0.449. The summed E-state index contributed by atoms with van der Waals surface area (Å²) >= 11 is 0. The molecule has 0 atom stereocenters. The van der Waals surface area contributed by atoms with E-state index < -0.39 is 0 Å². The average molecular weight is 276 g/mol. The van der Waals surface area contributed by atoms with Gasteiger partial charge in [0.05, 0.1) is 30.1 Å². The topological polar surface area (TPSA) is 53.6 Å². The summed E-state index contributed by atoms with van der Waals surface area (Å²) in [5.41, 5.74) is 4.22. The van der Waals surface area contributed by atoms with Gasteiger partial charge >= 0.3 is 0 Å². The highest BCUT2D eigenvalue weighted by Crippen LogP contribution is 2.16. The summed E-state index contributed by atoms with van der Waals surface area (Å²) in [5, 5.41) is 12.0. The number of anilines is 1. The lowest BCUT2D eigenvalue weighted by Crippen LogP contribution is -2.05. The molecule has 4 nitrogen and oxygen atoms in total. The van der Waals surface area contributed by atoms with Crippen molar-refractivity contribution in [3.63, 3.8) is 0 Å². The molecule has 3 aromatic rings. The van der Waals surface area contributed by atoms with E-state index in [1.54, 1.807) is 0 Å². The molecule has 3 rings (SSSR count). The number of hydrogen-bond acceptors (Lipinski definition) is 3. The molecule has 0 radical (unpaired) electrons. The van der Waals surface area contributed by atoms with E-state index in [-0.39, 0.29) is 0 Å². The van der Waals surface area contributed by atoms with Crippen molar-refractivity contribution in [2.45, 2.75) is 13.0 Å². The summed E-state index contributed by atoms with van der Waals surface area (Å²) in [7, 11) is 2.03. The lowest BCUT2D eigenvalue weighted by atomic mass is 10.1. The Balaban J connectivity index is 1.74. The van der Waals surface area contributed by atoms with Gasteiger partial charge in [0.2, 0.25) is 0 Å². The zero-order valence-corrected chi connectivity index (χ0v) is 11.9. The van der Waals surface area contributed by atoms with Gasteiger partial charge in [0.1, 0.15) is 5.82 Å². The lowest BCUT2D eigenvalue weighted by molar-refractivity contribution is 0.834. The number of imidazole rings is 1. The third-order valence-corrected chi connectivity index (χ3v) is 3.57. The van der Waals surface area contributed by atoms with Crippen LogP contribution in [0.3, 0.4) is 0 Å². The highest BCUT2D eigenvalue weighted by Gasteiger charge is 2.06. The molecule has 0 aliphatic carbocycles. The average Bonchev–Trinajstić information content (AvgIpc) is 2.84. The molecule has 0 fully saturated rings. The number of rotatable bonds is 4. The van der Waals surface area contributed by atoms with Gasteiger partial charge in [0.25, 0.3) is 0 Å². The maximum absolute atomic E-state index is 8.66. The molecule has 0 aliphatic rings. The Hall–Kier alpha value is -2.80. The van der Waals surface area contributed by atoms with E-state index in [9.17, 15) is 0 Å². The van der Waals surface area contributed by atoms with Crippen molar-refractivity contribution in [2.75, 3.05) is 5.32 Å². The van der Waals surface area contributed by atoms with Crippen molar-refractivity contribution >= 4 is 16.7 Å². The van der Waals surface area contributed by atoms with Gasteiger partial charge in [-0.05, 0) is 29.8 Å². The second kappa shape index (κ2) is 5.68. The van der Waals surface area contributed by atoms with Crippen molar-refractivity contribution in [1.82, 2.24) is 9.55 Å². The van der Waals surface area contributed by atoms with Crippen LogP contribution in [0.15, 0.2) is 48.5 Å². The summed E-state index contributed by atoms with van der Waals surface area (Å²) in [6.07, 6.45) is 0.449. The Bertz CT molecular complexity index is 794. The molecule has 1 N–H and O–H groups in total. The van der Waals surface area contributed by atoms with E-state index in [0.29, 0.717) is 13.0 Å². The van der Waals surface area contributed by atoms with Crippen LogP contribution < -0.4 is 5.32 Å². The molecule has 0 amide bonds. The smallest absolute Gasteiger partial charge is 0.128 e. The Kier molecular flexibility index (Phi) is 3.57. The summed E-state index contributed by atoms with van der Waals surface area (Å²) in [6.45, 7) is 0.669. The standard InChI is InChI=1S/C17H16N4/c1-21-16-5-3-2-4-15(16)20-17(21)12-19-14-8-6-13(7-9-14)10-11-18/h2-9,19H,10,12H2,1H3. The predicted molar refractivity (Wildman–Crippen MR) is 83.8 cm³/mol. The first-order valence-electron chi connectivity index (χ1n) is 6.88. The monoisotopic (exact) mass is 276 g/mol. The van der Waals surface area contributed by atoms with E-state index in [4.69, 9.17) is 5.26 Å². The molecule has 0 saturated heterocycles. The molecule has 1 heterocycles. The maximum atomic E-state index is 8.66. The molecule has 0 unspecified atom stereocenters. The van der Waals surface area contributed by atoms with E-state index >= 15 is 0 Å². The quantitative estimate of drug-likeness (QED) is 0.795. The zero-order valence-electron chi connectivity index (χ0n) is 11.9. The van der Waals surface area contributed by atoms with Crippen LogP contribution in [-0.4, -0.2) is 9.55 Å². The number of benzene rings is 2. The van der Waals surface area contributed by atoms with Gasteiger partial charge in [-0.3, -0.25) is 0 Å². The first-order valence-corrected chi connectivity index (χ1v) is 6.88. The Morgan fingerprint density at radius 2 is 1.90 bits per heavy atom. The highest BCUT2D eigenvalue weighted by atomic mass is 15.1. The fourth-order valence-electron chi connectivity index (χ4n) is 2.37. The van der Waals surface area contributed by atoms with Crippen LogP contribution in [0, 0.1) is 11.3 Å². The second-order valence-electron chi connectivity index (χ2n) is 4.96. The molecular formula is C17H16N4. The van der Waals surface area contributed by atoms with Crippen molar-refractivity contribution in [3.8, 4) is 6.07 Å². The van der Waals surface area contributed by atoms with Crippen LogP contribution in [0.1, 0.15) is 11.4 Å². The van der Waals surface area contributed by atoms with Gasteiger partial charge in [0, 0.05) is 12.7 Å². The molecule has 0 spiro atoms. The van der Waals surface area contributed by atoms with Crippen molar-refractivity contribution in [1.29, 1.82) is 5.26 Å². The first-order chi connectivity index (χ1) is 10.3. The molecule has 0 aliphatic heterocycles. The second-order valence-corrected chi connectivity index (χ2v) is 4.96. The lowest BCUT2D eigenvalue weighted by Gasteiger charge is -2.07. The van der Waals surface area contributed by atoms with Crippen LogP contribution >= 0.6 is 0 Å². The van der Waals surface area contributed by atoms with Gasteiger partial charge in [0.15, 0.2) is 0 Å². The summed E-state index contributed by atoms with van der Waals surface area (Å²) < 4.78 is 2.10. The number of aromatic nitrogens is 2. The Labute approximate surface area is 123 Å². The van der Waals surface area contributed by atoms with Crippen molar-refractivity contribution < 1.29 is 0 Å². The van der Waals surface area contributed by atoms with Crippen LogP contribution in [0.25, 0.3) is 11.0 Å². The Morgan fingerprint density at radius 3 is 2.62 bits per heavy atom. The number of nitriles is 1. The number of nitrogens with zero attached hydrogens (tertiary/aromatic N) is 3. The van der Waals surface area contributed by atoms with Crippen LogP contribution in [0.2, 0.25) is 0 Å². The summed E-state index contributed by atoms with van der Waals surface area (Å²) in [6, 6.07) is 18.2. The highest BCUT2D eigenvalue weighted by molar-refractivity contribution is 5.75. The largest absolute Gasteiger partial charge is 0.378 e. The minimum atomic E-state index is 0.449. The zero-order chi connectivity index (χ0) is 14.7. The summed E-state index contributed by atoms with van der Waals surface area (Å²) in [4.78, 5) is 4.63. The molecule has 1 aromatic heterocycles. The van der Waals surface area contributed by atoms with Gasteiger partial charge in [-0.2, -0.15) is 5.26 Å². The van der Waals surface area contributed by atoms with Gasteiger partial charge < -0.3 is 9.88 Å². The van der Waals surface area contributed by atoms with Gasteiger partial charge in [-0.1, -0.05) is 24.3 Å². The number of fused-ring (bicyclic) bond motifs is 1. The van der Waals surface area contributed by atoms with Crippen molar-refractivity contribution in [3.05, 3.63) is 59.9 Å². The minimum Gasteiger partial charge on any atom is -0.378 e. The Morgan fingerprint density at radius 1 is 1.14 bits per heavy atom. The van der Waals surface area contributed by atoms with Gasteiger partial charge in [-0.15, -0.1) is 0 Å². The number of nitrogens with one attached hydrogen (secondary N) is 1. The van der Waals surface area contributed by atoms with E-state index in [1.165, 1.54) is 0 Å². The van der Waals surface area contributed by atoms with E-state index in [0.717, 1.165) is 28.1 Å². The van der Waals surface area contributed by atoms with E-state index in [1.807, 2.05) is 49.5 Å². The fourth-order valence-corrected chi connectivity index (χ4v) is 2.37. The molecule has 104 valence electrons. The van der Waals surface area contributed by atoms with Crippen molar-refractivity contribution in [2.24, 2.45) is 7.05 Å². The summed E-state index contributed by atoms with van der Waals surface area (Å²) in [5.74, 6) is 0.998. The predicted octanol–water partition coefficient (Wildman–Crippen LogP) is 3.25. The number of hydrogen-bond donors (Lipinski definition) is 1. The third-order valence-electron chi connectivity index (χ3n) is 3.57. The normalized spacial score (nSPS) is 10.5. The third kappa shape index (κ3) is 2.72. The number of aryl methyl sites for hydroxylation is 1. The molecule has 0 bridgehead atoms. The first kappa shape index (κ1) is 13.2. The maximum Gasteiger partial charge on any atom is 0.128 e. The van der Waals surface area contributed by atoms with Crippen LogP contribution in [0.5, 0.6) is 0 Å². The SMILES string of the molecule is Cn1c(CNc2ccc(CC#N)cc2)nc2ccccc21. The fraction of sp³-hybridized carbons (Fsp3) is 0.176. The van der Waals surface area contributed by atoms with Gasteiger partial charge in [-0.25, -0.2) is 4.98 Å². The molecule has 0 saturated carbocycles.